The summed E-state index contributed by atoms with van der Waals surface area (Å²) in [5, 5.41) is 0. The number of imidazole rings is 1. The van der Waals surface area contributed by atoms with E-state index in [2.05, 4.69) is 4.98 Å². The van der Waals surface area contributed by atoms with Gasteiger partial charge in [0.25, 0.3) is 0 Å². The van der Waals surface area contributed by atoms with E-state index in [4.69, 9.17) is 5.73 Å². The molecule has 0 saturated heterocycles. The summed E-state index contributed by atoms with van der Waals surface area (Å²) >= 11 is 0. The molecule has 0 aliphatic carbocycles. The van der Waals surface area contributed by atoms with Gasteiger partial charge in [0.15, 0.2) is 0 Å². The summed E-state index contributed by atoms with van der Waals surface area (Å²) < 4.78 is 28.9. The van der Waals surface area contributed by atoms with Crippen molar-refractivity contribution >= 4 is 17.0 Å². The predicted molar refractivity (Wildman–Crippen MR) is 74.3 cm³/mol. The quantitative estimate of drug-likeness (QED) is 0.776. The van der Waals surface area contributed by atoms with E-state index < -0.39 is 0 Å². The van der Waals surface area contributed by atoms with Crippen molar-refractivity contribution < 1.29 is 8.78 Å². The van der Waals surface area contributed by atoms with Gasteiger partial charge in [0.05, 0.1) is 17.1 Å². The molecule has 102 valence electrons. The van der Waals surface area contributed by atoms with Crippen LogP contribution >= 0.6 is 0 Å². The number of nitrogen functional groups attached to an aromatic ring is 1. The summed E-state index contributed by atoms with van der Waals surface area (Å²) in [5.74, 6) is -0.460. The Morgan fingerprint density at radius 3 is 2.65 bits per heavy atom. The van der Waals surface area contributed by atoms with Crippen LogP contribution in [0.3, 0.4) is 0 Å². The van der Waals surface area contributed by atoms with Crippen molar-refractivity contribution in [2.45, 2.75) is 13.0 Å². The van der Waals surface area contributed by atoms with Crippen LogP contribution < -0.4 is 5.73 Å². The highest BCUT2D eigenvalue weighted by Gasteiger charge is 2.18. The highest BCUT2D eigenvalue weighted by atomic mass is 19.1. The Morgan fingerprint density at radius 2 is 1.90 bits per heavy atom. The van der Waals surface area contributed by atoms with E-state index in [9.17, 15) is 8.78 Å². The number of nitrogens with zero attached hydrogens (tertiary/aromatic N) is 2. The monoisotopic (exact) mass is 273 g/mol. The van der Waals surface area contributed by atoms with Gasteiger partial charge in [-0.05, 0) is 31.2 Å². The molecule has 1 unspecified atom stereocenters. The smallest absolute Gasteiger partial charge is 0.201 e. The molecule has 1 heterocycles. The summed E-state index contributed by atoms with van der Waals surface area (Å²) in [6.45, 7) is 1.81. The highest BCUT2D eigenvalue weighted by Crippen LogP contribution is 2.28. The van der Waals surface area contributed by atoms with Crippen LogP contribution in [0.1, 0.15) is 18.5 Å². The van der Waals surface area contributed by atoms with Gasteiger partial charge >= 0.3 is 0 Å². The fourth-order valence-electron chi connectivity index (χ4n) is 2.44. The van der Waals surface area contributed by atoms with E-state index in [1.165, 1.54) is 18.2 Å². The lowest BCUT2D eigenvalue weighted by Crippen LogP contribution is -2.11. The first-order valence-electron chi connectivity index (χ1n) is 6.25. The van der Waals surface area contributed by atoms with Gasteiger partial charge in [-0.3, -0.25) is 0 Å². The summed E-state index contributed by atoms with van der Waals surface area (Å²) in [6.07, 6.45) is 0. The molecule has 5 heteroatoms. The molecular formula is C15H13F2N3. The van der Waals surface area contributed by atoms with Crippen molar-refractivity contribution in [1.82, 2.24) is 9.55 Å². The second-order valence-electron chi connectivity index (χ2n) is 4.67. The molecule has 0 aliphatic rings. The minimum Gasteiger partial charge on any atom is -0.369 e. The standard InChI is InChI=1S/C15H13F2N3/c1-9(11-4-2-3-5-12(11)17)20-14-8-10(16)6-7-13(14)19-15(20)18/h2-9H,1H3,(H2,18,19). The summed E-state index contributed by atoms with van der Waals surface area (Å²) in [4.78, 5) is 4.18. The second-order valence-corrected chi connectivity index (χ2v) is 4.67. The maximum atomic E-state index is 13.9. The SMILES string of the molecule is CC(c1ccccc1F)n1c(N)nc2ccc(F)cc21. The van der Waals surface area contributed by atoms with E-state index in [1.54, 1.807) is 35.8 Å². The largest absolute Gasteiger partial charge is 0.369 e. The zero-order valence-electron chi connectivity index (χ0n) is 10.8. The number of hydrogen-bond donors (Lipinski definition) is 1. The van der Waals surface area contributed by atoms with Crippen molar-refractivity contribution in [2.75, 3.05) is 5.73 Å². The topological polar surface area (TPSA) is 43.8 Å². The average Bonchev–Trinajstić information content (AvgIpc) is 2.74. The molecule has 0 spiro atoms. The van der Waals surface area contributed by atoms with Crippen LogP contribution in [0.5, 0.6) is 0 Å². The van der Waals surface area contributed by atoms with Crippen molar-refractivity contribution in [1.29, 1.82) is 0 Å². The number of rotatable bonds is 2. The molecule has 2 aromatic carbocycles. The highest BCUT2D eigenvalue weighted by molar-refractivity contribution is 5.78. The Kier molecular flexibility index (Phi) is 2.89. The molecule has 1 aromatic heterocycles. The third kappa shape index (κ3) is 1.91. The minimum atomic E-state index is -0.376. The number of benzene rings is 2. The number of fused-ring (bicyclic) bond motifs is 1. The first-order chi connectivity index (χ1) is 9.58. The lowest BCUT2D eigenvalue weighted by Gasteiger charge is -2.17. The average molecular weight is 273 g/mol. The van der Waals surface area contributed by atoms with E-state index in [0.717, 1.165) is 0 Å². The van der Waals surface area contributed by atoms with Gasteiger partial charge in [-0.2, -0.15) is 0 Å². The molecule has 0 bridgehead atoms. The Morgan fingerprint density at radius 1 is 1.15 bits per heavy atom. The molecule has 0 saturated carbocycles. The van der Waals surface area contributed by atoms with Crippen LogP contribution in [0.4, 0.5) is 14.7 Å². The zero-order chi connectivity index (χ0) is 14.3. The third-order valence-electron chi connectivity index (χ3n) is 3.42. The van der Waals surface area contributed by atoms with Crippen LogP contribution in [0.15, 0.2) is 42.5 Å². The van der Waals surface area contributed by atoms with Gasteiger partial charge in [-0.1, -0.05) is 18.2 Å². The van der Waals surface area contributed by atoms with Gasteiger partial charge in [-0.25, -0.2) is 13.8 Å². The van der Waals surface area contributed by atoms with Crippen LogP contribution in [0, 0.1) is 11.6 Å². The van der Waals surface area contributed by atoms with E-state index in [-0.39, 0.29) is 23.6 Å². The number of hydrogen-bond acceptors (Lipinski definition) is 2. The number of aromatic nitrogens is 2. The summed E-state index contributed by atoms with van der Waals surface area (Å²) in [6, 6.07) is 10.3. The maximum absolute atomic E-state index is 13.9. The summed E-state index contributed by atoms with van der Waals surface area (Å²) in [5.41, 5.74) is 7.53. The fourth-order valence-corrected chi connectivity index (χ4v) is 2.44. The molecule has 3 rings (SSSR count). The predicted octanol–water partition coefficient (Wildman–Crippen LogP) is 3.51. The Balaban J connectivity index is 2.21. The van der Waals surface area contributed by atoms with Crippen molar-refractivity contribution in [2.24, 2.45) is 0 Å². The molecule has 0 fully saturated rings. The lowest BCUT2D eigenvalue weighted by atomic mass is 10.1. The van der Waals surface area contributed by atoms with Crippen LogP contribution in [0.2, 0.25) is 0 Å². The van der Waals surface area contributed by atoms with Crippen LogP contribution in [-0.2, 0) is 0 Å². The molecule has 2 N–H and O–H groups in total. The number of nitrogens with two attached hydrogens (primary N) is 1. The third-order valence-corrected chi connectivity index (χ3v) is 3.42. The molecule has 0 aliphatic heterocycles. The maximum Gasteiger partial charge on any atom is 0.201 e. The van der Waals surface area contributed by atoms with E-state index in [0.29, 0.717) is 16.6 Å². The normalized spacial score (nSPS) is 12.8. The Hall–Kier alpha value is -2.43. The van der Waals surface area contributed by atoms with Crippen molar-refractivity contribution in [3.05, 3.63) is 59.7 Å². The van der Waals surface area contributed by atoms with Crippen molar-refractivity contribution in [3.63, 3.8) is 0 Å². The molecule has 0 amide bonds. The molecule has 20 heavy (non-hydrogen) atoms. The fraction of sp³-hybridized carbons (Fsp3) is 0.133. The second kappa shape index (κ2) is 4.59. The molecule has 3 aromatic rings. The zero-order valence-corrected chi connectivity index (χ0v) is 10.8. The molecule has 1 atom stereocenters. The van der Waals surface area contributed by atoms with Gasteiger partial charge in [0.2, 0.25) is 5.95 Å². The van der Waals surface area contributed by atoms with Crippen LogP contribution in [-0.4, -0.2) is 9.55 Å². The molecular weight excluding hydrogens is 260 g/mol. The van der Waals surface area contributed by atoms with Gasteiger partial charge < -0.3 is 10.3 Å². The van der Waals surface area contributed by atoms with Gasteiger partial charge in [0, 0.05) is 5.56 Å². The van der Waals surface area contributed by atoms with Crippen molar-refractivity contribution in [3.8, 4) is 0 Å². The van der Waals surface area contributed by atoms with Gasteiger partial charge in [0.1, 0.15) is 11.6 Å². The summed E-state index contributed by atoms with van der Waals surface area (Å²) in [7, 11) is 0. The Labute approximate surface area is 114 Å². The van der Waals surface area contributed by atoms with Crippen LogP contribution in [0.25, 0.3) is 11.0 Å². The lowest BCUT2D eigenvalue weighted by molar-refractivity contribution is 0.566. The van der Waals surface area contributed by atoms with Gasteiger partial charge in [-0.15, -0.1) is 0 Å². The first-order valence-corrected chi connectivity index (χ1v) is 6.25. The minimum absolute atomic E-state index is 0.237. The van der Waals surface area contributed by atoms with E-state index in [1.807, 2.05) is 0 Å². The first kappa shape index (κ1) is 12.6. The number of anilines is 1. The Bertz CT molecular complexity index is 780. The van der Waals surface area contributed by atoms with E-state index >= 15 is 0 Å². The molecule has 0 radical (unpaired) electrons. The number of halogens is 2. The molecule has 3 nitrogen and oxygen atoms in total.